The van der Waals surface area contributed by atoms with Gasteiger partial charge in [-0.05, 0) is 19.3 Å². The highest BCUT2D eigenvalue weighted by molar-refractivity contribution is 4.80. The van der Waals surface area contributed by atoms with Gasteiger partial charge in [-0.2, -0.15) is 0 Å². The van der Waals surface area contributed by atoms with Crippen LogP contribution in [0.5, 0.6) is 0 Å². The highest BCUT2D eigenvalue weighted by Crippen LogP contribution is 2.30. The van der Waals surface area contributed by atoms with E-state index in [2.05, 4.69) is 0 Å². The van der Waals surface area contributed by atoms with Gasteiger partial charge in [-0.25, -0.2) is 0 Å². The fourth-order valence-corrected chi connectivity index (χ4v) is 2.08. The molecule has 3 saturated heterocycles. The fourth-order valence-electron chi connectivity index (χ4n) is 2.08. The maximum absolute atomic E-state index is 9.32. The Kier molecular flexibility index (Phi) is 4.99. The molecule has 0 bridgehead atoms. The predicted octanol–water partition coefficient (Wildman–Crippen LogP) is 0.511. The van der Waals surface area contributed by atoms with E-state index in [4.69, 9.17) is 18.9 Å². The van der Waals surface area contributed by atoms with Gasteiger partial charge >= 0.3 is 0 Å². The molecule has 0 aliphatic carbocycles. The zero-order valence-corrected chi connectivity index (χ0v) is 9.47. The van der Waals surface area contributed by atoms with Crippen LogP contribution in [0, 0.1) is 5.92 Å². The maximum atomic E-state index is 9.32. The van der Waals surface area contributed by atoms with Crippen LogP contribution in [0.3, 0.4) is 0 Å². The molecular formula is C11H20O5. The topological polar surface area (TPSA) is 57.2 Å². The van der Waals surface area contributed by atoms with Crippen molar-refractivity contribution >= 4 is 0 Å². The molecule has 16 heavy (non-hydrogen) atoms. The lowest BCUT2D eigenvalue weighted by atomic mass is 9.97. The minimum Gasteiger partial charge on any atom is -0.390 e. The van der Waals surface area contributed by atoms with Crippen LogP contribution in [0.1, 0.15) is 19.3 Å². The van der Waals surface area contributed by atoms with E-state index in [9.17, 15) is 5.11 Å². The van der Waals surface area contributed by atoms with Gasteiger partial charge in [-0.15, -0.1) is 0 Å². The van der Waals surface area contributed by atoms with E-state index in [1.54, 1.807) is 0 Å². The number of rotatable bonds is 0. The van der Waals surface area contributed by atoms with E-state index in [-0.39, 0.29) is 18.3 Å². The Balaban J connectivity index is 0.000000138. The first-order valence-corrected chi connectivity index (χ1v) is 5.94. The summed E-state index contributed by atoms with van der Waals surface area (Å²) < 4.78 is 20.2. The van der Waals surface area contributed by atoms with E-state index in [0.29, 0.717) is 13.4 Å². The molecule has 3 fully saturated rings. The van der Waals surface area contributed by atoms with Gasteiger partial charge in [-0.3, -0.25) is 0 Å². The van der Waals surface area contributed by atoms with Crippen LogP contribution in [-0.2, 0) is 18.9 Å². The van der Waals surface area contributed by atoms with Gasteiger partial charge in [0.05, 0.1) is 25.9 Å². The number of ether oxygens (including phenoxy) is 4. The minimum atomic E-state index is -0.287. The fraction of sp³-hybridized carbons (Fsp3) is 1.00. The molecule has 0 amide bonds. The lowest BCUT2D eigenvalue weighted by molar-refractivity contribution is -0.152. The van der Waals surface area contributed by atoms with Crippen LogP contribution in [-0.4, -0.2) is 50.7 Å². The van der Waals surface area contributed by atoms with Gasteiger partial charge in [-0.1, -0.05) is 0 Å². The van der Waals surface area contributed by atoms with Crippen molar-refractivity contribution in [2.45, 2.75) is 31.7 Å². The zero-order chi connectivity index (χ0) is 11.2. The van der Waals surface area contributed by atoms with Crippen LogP contribution in [0.15, 0.2) is 0 Å². The third-order valence-electron chi connectivity index (χ3n) is 2.98. The molecule has 0 spiro atoms. The first-order valence-electron chi connectivity index (χ1n) is 5.94. The number of hydrogen-bond donors (Lipinski definition) is 1. The number of aliphatic hydroxyl groups is 1. The summed E-state index contributed by atoms with van der Waals surface area (Å²) in [6.07, 6.45) is 2.77. The second kappa shape index (κ2) is 6.51. The number of aliphatic hydroxyl groups excluding tert-OH is 1. The summed E-state index contributed by atoms with van der Waals surface area (Å²) in [5, 5.41) is 9.32. The van der Waals surface area contributed by atoms with Gasteiger partial charge in [0, 0.05) is 12.5 Å². The largest absolute Gasteiger partial charge is 0.390 e. The normalized spacial score (nSPS) is 38.4. The number of hydrogen-bond acceptors (Lipinski definition) is 5. The molecule has 3 aliphatic heterocycles. The molecule has 0 radical (unpaired) electrons. The highest BCUT2D eigenvalue weighted by atomic mass is 16.7. The van der Waals surface area contributed by atoms with E-state index in [1.807, 2.05) is 0 Å². The van der Waals surface area contributed by atoms with Gasteiger partial charge in [0.2, 0.25) is 0 Å². The highest BCUT2D eigenvalue weighted by Gasteiger charge is 2.38. The molecule has 0 saturated carbocycles. The molecule has 5 nitrogen and oxygen atoms in total. The Morgan fingerprint density at radius 1 is 0.938 bits per heavy atom. The summed E-state index contributed by atoms with van der Waals surface area (Å²) >= 11 is 0. The Morgan fingerprint density at radius 2 is 1.75 bits per heavy atom. The number of fused-ring (bicyclic) bond motifs is 1. The molecule has 3 atom stereocenters. The van der Waals surface area contributed by atoms with Crippen molar-refractivity contribution in [2.75, 3.05) is 33.2 Å². The summed E-state index contributed by atoms with van der Waals surface area (Å²) in [4.78, 5) is 0. The molecule has 0 aromatic carbocycles. The standard InChI is InChI=1S/C7H12O3.C4H8O2/c8-6-4-10-7-5(6)2-1-3-9-7;1-2-5-4-6-3-1/h5-8H,1-4H2;1-4H2/t5?,6-,7?;/m0./s1. The summed E-state index contributed by atoms with van der Waals surface area (Å²) in [6.45, 7) is 3.49. The molecule has 3 aliphatic rings. The monoisotopic (exact) mass is 232 g/mol. The predicted molar refractivity (Wildman–Crippen MR) is 55.8 cm³/mol. The van der Waals surface area contributed by atoms with Crippen molar-refractivity contribution in [2.24, 2.45) is 5.92 Å². The van der Waals surface area contributed by atoms with Crippen molar-refractivity contribution < 1.29 is 24.1 Å². The van der Waals surface area contributed by atoms with Crippen molar-refractivity contribution in [3.05, 3.63) is 0 Å². The molecule has 3 heterocycles. The quantitative estimate of drug-likeness (QED) is 0.659. The smallest absolute Gasteiger partial charge is 0.163 e. The van der Waals surface area contributed by atoms with E-state index in [0.717, 1.165) is 39.1 Å². The van der Waals surface area contributed by atoms with E-state index in [1.165, 1.54) is 0 Å². The molecule has 94 valence electrons. The first-order chi connectivity index (χ1) is 7.88. The van der Waals surface area contributed by atoms with Crippen LogP contribution in [0.4, 0.5) is 0 Å². The third kappa shape index (κ3) is 3.40. The first kappa shape index (κ1) is 12.3. The Morgan fingerprint density at radius 3 is 2.31 bits per heavy atom. The van der Waals surface area contributed by atoms with Gasteiger partial charge in [0.25, 0.3) is 0 Å². The van der Waals surface area contributed by atoms with Crippen LogP contribution in [0.25, 0.3) is 0 Å². The summed E-state index contributed by atoms with van der Waals surface area (Å²) in [5.41, 5.74) is 0. The average Bonchev–Trinajstić information content (AvgIpc) is 2.75. The van der Waals surface area contributed by atoms with E-state index >= 15 is 0 Å². The SMILES string of the molecule is C1COCOC1.O[C@H]1COC2OCCCC21. The lowest BCUT2D eigenvalue weighted by Gasteiger charge is -2.25. The molecule has 3 rings (SSSR count). The molecule has 1 N–H and O–H groups in total. The van der Waals surface area contributed by atoms with Crippen LogP contribution < -0.4 is 0 Å². The molecule has 2 unspecified atom stereocenters. The molecule has 0 aromatic rings. The molecule has 5 heteroatoms. The summed E-state index contributed by atoms with van der Waals surface area (Å²) in [6, 6.07) is 0. The van der Waals surface area contributed by atoms with Crippen molar-refractivity contribution in [1.82, 2.24) is 0 Å². The minimum absolute atomic E-state index is 0.108. The Hall–Kier alpha value is -0.200. The van der Waals surface area contributed by atoms with Crippen LogP contribution >= 0.6 is 0 Å². The van der Waals surface area contributed by atoms with Gasteiger partial charge in [0.15, 0.2) is 6.29 Å². The third-order valence-corrected chi connectivity index (χ3v) is 2.98. The summed E-state index contributed by atoms with van der Waals surface area (Å²) in [7, 11) is 0. The lowest BCUT2D eigenvalue weighted by Crippen LogP contribution is -2.30. The Labute approximate surface area is 95.6 Å². The molecule has 0 aromatic heterocycles. The Bertz CT molecular complexity index is 181. The second-order valence-corrected chi connectivity index (χ2v) is 4.23. The van der Waals surface area contributed by atoms with Crippen molar-refractivity contribution in [3.63, 3.8) is 0 Å². The van der Waals surface area contributed by atoms with E-state index < -0.39 is 0 Å². The van der Waals surface area contributed by atoms with Gasteiger partial charge in [0.1, 0.15) is 6.79 Å². The van der Waals surface area contributed by atoms with Crippen molar-refractivity contribution in [3.8, 4) is 0 Å². The average molecular weight is 232 g/mol. The van der Waals surface area contributed by atoms with Crippen LogP contribution in [0.2, 0.25) is 0 Å². The summed E-state index contributed by atoms with van der Waals surface area (Å²) in [5.74, 6) is 0.244. The maximum Gasteiger partial charge on any atom is 0.163 e. The zero-order valence-electron chi connectivity index (χ0n) is 9.47. The second-order valence-electron chi connectivity index (χ2n) is 4.23. The van der Waals surface area contributed by atoms with Gasteiger partial charge < -0.3 is 24.1 Å². The van der Waals surface area contributed by atoms with Crippen molar-refractivity contribution in [1.29, 1.82) is 0 Å². The molecular weight excluding hydrogens is 212 g/mol.